The molecule has 1 rings (SSSR count). The van der Waals surface area contributed by atoms with Crippen LogP contribution in [0.4, 0.5) is 17.6 Å². The number of hydrogen-bond acceptors (Lipinski definition) is 3. The number of nitrogens with zero attached hydrogens (tertiary/aromatic N) is 2. The summed E-state index contributed by atoms with van der Waals surface area (Å²) in [6.45, 7) is 0. The van der Waals surface area contributed by atoms with E-state index in [0.29, 0.717) is 0 Å². The van der Waals surface area contributed by atoms with Crippen molar-refractivity contribution in [2.75, 3.05) is 0 Å². The molecule has 2 nitrogen and oxygen atoms in total. The first-order valence-electron chi connectivity index (χ1n) is 3.77. The first kappa shape index (κ1) is 12.3. The molecule has 0 N–H and O–H groups in total. The van der Waals surface area contributed by atoms with Crippen LogP contribution in [0.5, 0.6) is 0 Å². The second-order valence-corrected chi connectivity index (χ2v) is 3.43. The summed E-state index contributed by atoms with van der Waals surface area (Å²) in [6.07, 6.45) is -4.96. The molecule has 0 heterocycles. The van der Waals surface area contributed by atoms with Crippen LogP contribution in [0.25, 0.3) is 0 Å². The lowest BCUT2D eigenvalue weighted by molar-refractivity contribution is -0.140. The molecular formula is C9H2F4N2S. The van der Waals surface area contributed by atoms with E-state index < -0.39 is 28.0 Å². The molecule has 0 aliphatic rings. The van der Waals surface area contributed by atoms with Gasteiger partial charge in [0.1, 0.15) is 11.0 Å². The maximum Gasteiger partial charge on any atom is 0.420 e. The Morgan fingerprint density at radius 3 is 2.25 bits per heavy atom. The Morgan fingerprint density at radius 1 is 1.19 bits per heavy atom. The third-order valence-corrected chi connectivity index (χ3v) is 2.29. The van der Waals surface area contributed by atoms with Crippen LogP contribution < -0.4 is 0 Å². The molecule has 0 amide bonds. The second kappa shape index (κ2) is 4.42. The zero-order valence-electron chi connectivity index (χ0n) is 7.47. The smallest absolute Gasteiger partial charge is 0.205 e. The van der Waals surface area contributed by atoms with Crippen LogP contribution in [0.1, 0.15) is 11.1 Å². The summed E-state index contributed by atoms with van der Waals surface area (Å²) in [4.78, 5) is -0.450. The molecule has 0 saturated carbocycles. The lowest BCUT2D eigenvalue weighted by Crippen LogP contribution is -2.11. The first-order chi connectivity index (χ1) is 7.41. The van der Waals surface area contributed by atoms with Crippen molar-refractivity contribution in [3.63, 3.8) is 0 Å². The summed E-state index contributed by atoms with van der Waals surface area (Å²) in [5.41, 5.74) is -2.43. The highest BCUT2D eigenvalue weighted by atomic mass is 32.2. The monoisotopic (exact) mass is 246 g/mol. The van der Waals surface area contributed by atoms with Gasteiger partial charge in [-0.05, 0) is 23.9 Å². The van der Waals surface area contributed by atoms with E-state index in [0.717, 1.165) is 12.1 Å². The predicted octanol–water partition coefficient (Wildman–Crippen LogP) is 3.29. The molecule has 0 aliphatic carbocycles. The molecule has 0 radical (unpaired) electrons. The maximum atomic E-state index is 13.4. The Morgan fingerprint density at radius 2 is 1.81 bits per heavy atom. The minimum absolute atomic E-state index is 0.273. The molecule has 1 aromatic carbocycles. The van der Waals surface area contributed by atoms with E-state index in [-0.39, 0.29) is 11.8 Å². The number of halogens is 4. The van der Waals surface area contributed by atoms with Gasteiger partial charge >= 0.3 is 6.18 Å². The van der Waals surface area contributed by atoms with Crippen molar-refractivity contribution in [3.8, 4) is 11.5 Å². The average molecular weight is 246 g/mol. The van der Waals surface area contributed by atoms with E-state index >= 15 is 0 Å². The summed E-state index contributed by atoms with van der Waals surface area (Å²) < 4.78 is 50.7. The largest absolute Gasteiger partial charge is 0.420 e. The molecule has 0 saturated heterocycles. The quantitative estimate of drug-likeness (QED) is 0.434. The molecule has 0 spiro atoms. The highest BCUT2D eigenvalue weighted by Crippen LogP contribution is 2.37. The predicted molar refractivity (Wildman–Crippen MR) is 47.6 cm³/mol. The van der Waals surface area contributed by atoms with Crippen LogP contribution in [0.2, 0.25) is 0 Å². The summed E-state index contributed by atoms with van der Waals surface area (Å²) in [6, 6.07) is 3.07. The van der Waals surface area contributed by atoms with Crippen LogP contribution in [0.15, 0.2) is 17.0 Å². The van der Waals surface area contributed by atoms with Gasteiger partial charge in [0.25, 0.3) is 0 Å². The van der Waals surface area contributed by atoms with Gasteiger partial charge in [-0.3, -0.25) is 0 Å². The molecule has 0 aromatic heterocycles. The minimum Gasteiger partial charge on any atom is -0.205 e. The van der Waals surface area contributed by atoms with Gasteiger partial charge in [0, 0.05) is 0 Å². The summed E-state index contributed by atoms with van der Waals surface area (Å²) in [5.74, 6) is -1.59. The minimum atomic E-state index is -4.96. The number of alkyl halides is 3. The SMILES string of the molecule is N#CSc1ccc(C#N)c(C(F)(F)F)c1F. The number of hydrogen-bond donors (Lipinski definition) is 0. The van der Waals surface area contributed by atoms with Crippen molar-refractivity contribution >= 4 is 11.8 Å². The summed E-state index contributed by atoms with van der Waals surface area (Å²) in [7, 11) is 0. The third-order valence-electron chi connectivity index (χ3n) is 1.67. The lowest BCUT2D eigenvalue weighted by atomic mass is 10.1. The number of nitriles is 2. The van der Waals surface area contributed by atoms with E-state index in [1.54, 1.807) is 0 Å². The molecule has 16 heavy (non-hydrogen) atoms. The van der Waals surface area contributed by atoms with Crippen LogP contribution >= 0.6 is 11.8 Å². The standard InChI is InChI=1S/C9H2F4N2S/c10-8-6(16-4-15)2-1-5(3-14)7(8)9(11,12)13/h1-2H. The van der Waals surface area contributed by atoms with Crippen molar-refractivity contribution in [2.45, 2.75) is 11.1 Å². The highest BCUT2D eigenvalue weighted by molar-refractivity contribution is 8.03. The molecule has 82 valence electrons. The zero-order valence-corrected chi connectivity index (χ0v) is 8.29. The van der Waals surface area contributed by atoms with E-state index in [9.17, 15) is 17.6 Å². The normalized spacial score (nSPS) is 10.6. The Labute approximate surface area is 92.1 Å². The van der Waals surface area contributed by atoms with Gasteiger partial charge in [-0.1, -0.05) is 0 Å². The zero-order chi connectivity index (χ0) is 12.3. The Balaban J connectivity index is 3.50. The lowest BCUT2D eigenvalue weighted by Gasteiger charge is -2.11. The van der Waals surface area contributed by atoms with Gasteiger partial charge in [0.05, 0.1) is 16.5 Å². The van der Waals surface area contributed by atoms with E-state index in [2.05, 4.69) is 0 Å². The molecule has 0 atom stereocenters. The fraction of sp³-hybridized carbons (Fsp3) is 0.111. The van der Waals surface area contributed by atoms with Crippen molar-refractivity contribution < 1.29 is 17.6 Å². The summed E-state index contributed by atoms with van der Waals surface area (Å²) in [5, 5.41) is 18.2. The molecule has 0 fully saturated rings. The van der Waals surface area contributed by atoms with Gasteiger partial charge in [0.2, 0.25) is 0 Å². The Kier molecular flexibility index (Phi) is 3.41. The van der Waals surface area contributed by atoms with Gasteiger partial charge in [-0.2, -0.15) is 23.7 Å². The third kappa shape index (κ3) is 2.26. The molecule has 0 bridgehead atoms. The van der Waals surface area contributed by atoms with Crippen LogP contribution in [0.3, 0.4) is 0 Å². The molecule has 0 unspecified atom stereocenters. The van der Waals surface area contributed by atoms with Crippen LogP contribution in [0, 0.1) is 27.8 Å². The van der Waals surface area contributed by atoms with Crippen molar-refractivity contribution in [1.29, 1.82) is 10.5 Å². The van der Waals surface area contributed by atoms with Crippen molar-refractivity contribution in [1.82, 2.24) is 0 Å². The van der Waals surface area contributed by atoms with Crippen LogP contribution in [-0.2, 0) is 6.18 Å². The summed E-state index contributed by atoms with van der Waals surface area (Å²) >= 11 is 0.273. The fourth-order valence-corrected chi connectivity index (χ4v) is 1.48. The molecular weight excluding hydrogens is 244 g/mol. The number of rotatable bonds is 1. The van der Waals surface area contributed by atoms with Gasteiger partial charge in [-0.25, -0.2) is 4.39 Å². The average Bonchev–Trinajstić information content (AvgIpc) is 2.19. The topological polar surface area (TPSA) is 47.6 Å². The van der Waals surface area contributed by atoms with Crippen molar-refractivity contribution in [2.24, 2.45) is 0 Å². The fourth-order valence-electron chi connectivity index (χ4n) is 1.06. The molecule has 0 aliphatic heterocycles. The molecule has 1 aromatic rings. The first-order valence-corrected chi connectivity index (χ1v) is 4.59. The Bertz CT molecular complexity index is 496. The van der Waals surface area contributed by atoms with Gasteiger partial charge < -0.3 is 0 Å². The maximum absolute atomic E-state index is 13.4. The van der Waals surface area contributed by atoms with E-state index in [4.69, 9.17) is 10.5 Å². The van der Waals surface area contributed by atoms with Crippen molar-refractivity contribution in [3.05, 3.63) is 29.1 Å². The van der Waals surface area contributed by atoms with Gasteiger partial charge in [0.15, 0.2) is 5.82 Å². The van der Waals surface area contributed by atoms with E-state index in [1.807, 2.05) is 0 Å². The molecule has 7 heteroatoms. The number of thiocyanates is 1. The number of benzene rings is 1. The van der Waals surface area contributed by atoms with Crippen LogP contribution in [-0.4, -0.2) is 0 Å². The Hall–Kier alpha value is -1.73. The number of thioether (sulfide) groups is 1. The second-order valence-electron chi connectivity index (χ2n) is 2.60. The van der Waals surface area contributed by atoms with Gasteiger partial charge in [-0.15, -0.1) is 0 Å². The van der Waals surface area contributed by atoms with E-state index in [1.165, 1.54) is 11.5 Å². The highest BCUT2D eigenvalue weighted by Gasteiger charge is 2.38.